The van der Waals surface area contributed by atoms with Crippen LogP contribution in [0.25, 0.3) is 11.1 Å². The number of hydrogen-bond donors (Lipinski definition) is 0. The predicted molar refractivity (Wildman–Crippen MR) is 118 cm³/mol. The molecule has 156 valence electrons. The Bertz CT molecular complexity index is 1310. The lowest BCUT2D eigenvalue weighted by molar-refractivity contribution is 0.329. The minimum Gasteiger partial charge on any atom is -0.408 e. The maximum atomic E-state index is 13.6. The van der Waals surface area contributed by atoms with E-state index in [0.717, 1.165) is 10.4 Å². The van der Waals surface area contributed by atoms with E-state index in [1.807, 2.05) is 54.8 Å². The summed E-state index contributed by atoms with van der Waals surface area (Å²) >= 11 is 1.61. The molecule has 2 aromatic carbocycles. The van der Waals surface area contributed by atoms with Crippen molar-refractivity contribution in [2.75, 3.05) is 0 Å². The van der Waals surface area contributed by atoms with Crippen molar-refractivity contribution in [3.63, 3.8) is 0 Å². The van der Waals surface area contributed by atoms with Crippen molar-refractivity contribution in [2.45, 2.75) is 30.8 Å². The normalized spacial score (nSPS) is 13.2. The largest absolute Gasteiger partial charge is 0.419 e. The van der Waals surface area contributed by atoms with E-state index >= 15 is 0 Å². The zero-order valence-corrected chi connectivity index (χ0v) is 18.3. The van der Waals surface area contributed by atoms with Gasteiger partial charge >= 0.3 is 5.76 Å². The summed E-state index contributed by atoms with van der Waals surface area (Å²) in [4.78, 5) is 13.0. The monoisotopic (exact) mass is 442 g/mol. The van der Waals surface area contributed by atoms with Gasteiger partial charge in [0.1, 0.15) is 0 Å². The lowest BCUT2D eigenvalue weighted by atomic mass is 10.1. The van der Waals surface area contributed by atoms with Gasteiger partial charge in [0.25, 0.3) is 0 Å². The zero-order chi connectivity index (χ0) is 21.3. The SMILES string of the molecule is C[C@@H](Cc1cccs1)N(Cc1ccccc1)S(=O)(=O)c1ccc2c(c1)oc(=O)n2C. The van der Waals surface area contributed by atoms with Crippen molar-refractivity contribution in [1.29, 1.82) is 0 Å². The number of aromatic nitrogens is 1. The minimum atomic E-state index is -3.83. The molecule has 0 bridgehead atoms. The van der Waals surface area contributed by atoms with Crippen LogP contribution in [0.2, 0.25) is 0 Å². The molecule has 4 rings (SSSR count). The second kappa shape index (κ2) is 8.22. The van der Waals surface area contributed by atoms with Crippen LogP contribution in [0.3, 0.4) is 0 Å². The Morgan fingerprint density at radius 3 is 2.57 bits per heavy atom. The Hall–Kier alpha value is -2.68. The van der Waals surface area contributed by atoms with E-state index in [-0.39, 0.29) is 23.1 Å². The van der Waals surface area contributed by atoms with Crippen molar-refractivity contribution >= 4 is 32.5 Å². The summed E-state index contributed by atoms with van der Waals surface area (Å²) in [6, 6.07) is 17.8. The number of aryl methyl sites for hydroxylation is 1. The Balaban J connectivity index is 1.74. The van der Waals surface area contributed by atoms with E-state index in [4.69, 9.17) is 4.42 Å². The zero-order valence-electron chi connectivity index (χ0n) is 16.7. The fourth-order valence-corrected chi connectivity index (χ4v) is 5.93. The number of hydrogen-bond acceptors (Lipinski definition) is 5. The molecule has 4 aromatic rings. The van der Waals surface area contributed by atoms with Gasteiger partial charge in [0.2, 0.25) is 10.0 Å². The Morgan fingerprint density at radius 2 is 1.87 bits per heavy atom. The Kier molecular flexibility index (Phi) is 5.64. The van der Waals surface area contributed by atoms with E-state index in [1.54, 1.807) is 24.5 Å². The van der Waals surface area contributed by atoms with Crippen molar-refractivity contribution in [2.24, 2.45) is 7.05 Å². The molecule has 30 heavy (non-hydrogen) atoms. The summed E-state index contributed by atoms with van der Waals surface area (Å²) < 4.78 is 35.4. The molecule has 0 radical (unpaired) electrons. The van der Waals surface area contributed by atoms with Gasteiger partial charge in [-0.25, -0.2) is 13.2 Å². The molecule has 0 aliphatic heterocycles. The van der Waals surface area contributed by atoms with Crippen LogP contribution in [-0.4, -0.2) is 23.3 Å². The van der Waals surface area contributed by atoms with Crippen molar-refractivity contribution in [3.8, 4) is 0 Å². The van der Waals surface area contributed by atoms with Crippen molar-refractivity contribution < 1.29 is 12.8 Å². The molecule has 0 N–H and O–H groups in total. The van der Waals surface area contributed by atoms with Gasteiger partial charge in [-0.3, -0.25) is 4.57 Å². The minimum absolute atomic E-state index is 0.110. The molecule has 0 unspecified atom stereocenters. The molecule has 0 aliphatic rings. The molecule has 0 aliphatic carbocycles. The quantitative estimate of drug-likeness (QED) is 0.433. The molecule has 0 saturated heterocycles. The predicted octanol–water partition coefficient (Wildman–Crippen LogP) is 4.02. The summed E-state index contributed by atoms with van der Waals surface area (Å²) in [5.74, 6) is -0.522. The fraction of sp³-hybridized carbons (Fsp3) is 0.227. The van der Waals surface area contributed by atoms with Gasteiger partial charge < -0.3 is 4.42 Å². The van der Waals surface area contributed by atoms with Crippen molar-refractivity contribution in [1.82, 2.24) is 8.87 Å². The highest BCUT2D eigenvalue weighted by Gasteiger charge is 2.30. The highest BCUT2D eigenvalue weighted by Crippen LogP contribution is 2.26. The van der Waals surface area contributed by atoms with Crippen LogP contribution in [0.4, 0.5) is 0 Å². The lowest BCUT2D eigenvalue weighted by Crippen LogP contribution is -2.39. The second-order valence-electron chi connectivity index (χ2n) is 7.22. The molecular formula is C22H22N2O4S2. The first kappa shape index (κ1) is 20.6. The van der Waals surface area contributed by atoms with E-state index in [1.165, 1.54) is 21.0 Å². The third-order valence-corrected chi connectivity index (χ3v) is 7.97. The van der Waals surface area contributed by atoms with Crippen LogP contribution in [0.15, 0.2) is 80.2 Å². The smallest absolute Gasteiger partial charge is 0.408 e. The van der Waals surface area contributed by atoms with Gasteiger partial charge in [0.15, 0.2) is 5.58 Å². The number of oxazole rings is 1. The summed E-state index contributed by atoms with van der Waals surface area (Å²) in [5, 5.41) is 1.99. The molecule has 2 aromatic heterocycles. The van der Waals surface area contributed by atoms with Gasteiger partial charge in [0.05, 0.1) is 10.4 Å². The van der Waals surface area contributed by atoms with Crippen LogP contribution in [0, 0.1) is 0 Å². The Labute approximate surface area is 179 Å². The highest BCUT2D eigenvalue weighted by molar-refractivity contribution is 7.89. The van der Waals surface area contributed by atoms with Crippen LogP contribution >= 0.6 is 11.3 Å². The molecule has 8 heteroatoms. The molecule has 2 heterocycles. The number of thiophene rings is 1. The molecule has 0 fully saturated rings. The van der Waals surface area contributed by atoms with E-state index < -0.39 is 15.8 Å². The van der Waals surface area contributed by atoms with Gasteiger partial charge in [-0.15, -0.1) is 11.3 Å². The van der Waals surface area contributed by atoms with Gasteiger partial charge in [0, 0.05) is 30.6 Å². The first-order chi connectivity index (χ1) is 14.4. The summed E-state index contributed by atoms with van der Waals surface area (Å²) in [6.45, 7) is 2.17. The standard InChI is InChI=1S/C22H22N2O4S2/c1-16(13-18-9-6-12-29-18)24(15-17-7-4-3-5-8-17)30(26,27)19-10-11-20-21(14-19)28-22(25)23(20)2/h3-12,14,16H,13,15H2,1-2H3/t16-/m0/s1. The number of sulfonamides is 1. The maximum Gasteiger partial charge on any atom is 0.419 e. The van der Waals surface area contributed by atoms with Crippen LogP contribution in [0.5, 0.6) is 0 Å². The van der Waals surface area contributed by atoms with Gasteiger partial charge in [-0.2, -0.15) is 4.31 Å². The lowest BCUT2D eigenvalue weighted by Gasteiger charge is -2.28. The van der Waals surface area contributed by atoms with Crippen LogP contribution < -0.4 is 5.76 Å². The van der Waals surface area contributed by atoms with Crippen LogP contribution in [0.1, 0.15) is 17.4 Å². The van der Waals surface area contributed by atoms with Crippen LogP contribution in [-0.2, 0) is 30.0 Å². The molecule has 6 nitrogen and oxygen atoms in total. The second-order valence-corrected chi connectivity index (χ2v) is 10.1. The van der Waals surface area contributed by atoms with Crippen molar-refractivity contribution in [3.05, 3.63) is 87.0 Å². The molecule has 1 atom stereocenters. The van der Waals surface area contributed by atoms with E-state index in [9.17, 15) is 13.2 Å². The first-order valence-corrected chi connectivity index (χ1v) is 11.9. The number of fused-ring (bicyclic) bond motifs is 1. The highest BCUT2D eigenvalue weighted by atomic mass is 32.2. The fourth-order valence-electron chi connectivity index (χ4n) is 3.47. The topological polar surface area (TPSA) is 72.5 Å². The molecule has 0 saturated carbocycles. The maximum absolute atomic E-state index is 13.6. The van der Waals surface area contributed by atoms with E-state index in [2.05, 4.69) is 0 Å². The number of nitrogens with zero attached hydrogens (tertiary/aromatic N) is 2. The van der Waals surface area contributed by atoms with Gasteiger partial charge in [-0.1, -0.05) is 36.4 Å². The van der Waals surface area contributed by atoms with Gasteiger partial charge in [-0.05, 0) is 42.5 Å². The third-order valence-electron chi connectivity index (χ3n) is 5.12. The number of benzene rings is 2. The first-order valence-electron chi connectivity index (χ1n) is 9.54. The average molecular weight is 443 g/mol. The molecule has 0 spiro atoms. The third kappa shape index (κ3) is 3.98. The molecular weight excluding hydrogens is 420 g/mol. The summed E-state index contributed by atoms with van der Waals surface area (Å²) in [7, 11) is -2.24. The Morgan fingerprint density at radius 1 is 1.10 bits per heavy atom. The summed E-state index contributed by atoms with van der Waals surface area (Å²) in [5.41, 5.74) is 1.72. The molecule has 0 amide bonds. The average Bonchev–Trinajstić information content (AvgIpc) is 3.34. The number of rotatable bonds is 7. The van der Waals surface area contributed by atoms with E-state index in [0.29, 0.717) is 11.9 Å². The summed E-state index contributed by atoms with van der Waals surface area (Å²) in [6.07, 6.45) is 0.617.